The van der Waals surface area contributed by atoms with E-state index in [1.807, 2.05) is 72.8 Å². The van der Waals surface area contributed by atoms with Crippen LogP contribution in [-0.4, -0.2) is 51.2 Å². The lowest BCUT2D eigenvalue weighted by molar-refractivity contribution is -0.128. The van der Waals surface area contributed by atoms with Crippen LogP contribution in [0.5, 0.6) is 0 Å². The first-order valence-electron chi connectivity index (χ1n) is 14.7. The molecule has 1 aliphatic carbocycles. The van der Waals surface area contributed by atoms with E-state index >= 15 is 0 Å². The number of ether oxygens (including phenoxy) is 1. The van der Waals surface area contributed by atoms with Crippen molar-refractivity contribution in [3.63, 3.8) is 0 Å². The monoisotopic (exact) mass is 586 g/mol. The number of hydrogen-bond donors (Lipinski definition) is 5. The Morgan fingerprint density at radius 3 is 2.16 bits per heavy atom. The van der Waals surface area contributed by atoms with Gasteiger partial charge in [-0.3, -0.25) is 4.79 Å². The number of fused-ring (bicyclic) bond motifs is 1. The molecule has 0 radical (unpaired) electrons. The van der Waals surface area contributed by atoms with Crippen molar-refractivity contribution < 1.29 is 29.6 Å². The molecule has 3 aromatic carbocycles. The van der Waals surface area contributed by atoms with Crippen molar-refractivity contribution >= 4 is 18.1 Å². The highest BCUT2D eigenvalue weighted by Gasteiger charge is 2.40. The Morgan fingerprint density at radius 2 is 1.51 bits per heavy atom. The highest BCUT2D eigenvalue weighted by atomic mass is 16.6. The molecule has 5 N–H and O–H groups in total. The second kappa shape index (κ2) is 14.5. The van der Waals surface area contributed by atoms with E-state index in [4.69, 9.17) is 4.74 Å². The number of amides is 2. The number of carbonyl (C=O) groups excluding carboxylic acids is 2. The number of allylic oxidation sites excluding steroid dienone is 1. The van der Waals surface area contributed by atoms with Crippen LogP contribution >= 0.6 is 0 Å². The van der Waals surface area contributed by atoms with Crippen LogP contribution in [0.25, 0.3) is 6.08 Å². The molecule has 4 rings (SSSR count). The SMILES string of the molecule is CC(C)(C)OC(=O)NC(Cc1ccccc1)C(O)CC(C/C=C/c1ccccc1)C(=O)NC1c2ccccc2C(O)C1O. The standard InChI is InChI=1S/C35H42N2O6/c1-35(2,3)43-34(42)36-28(21-24-15-8-5-9-16-24)29(38)22-25(18-12-17-23-13-6-4-7-14-23)33(41)37-30-26-19-10-11-20-27(26)31(39)32(30)40/h4-17,19-20,25,28-32,38-40H,18,21-22H2,1-3H3,(H,36,42)(H,37,41)/b17-12+. The van der Waals surface area contributed by atoms with Crippen molar-refractivity contribution in [3.8, 4) is 0 Å². The minimum absolute atomic E-state index is 0.0330. The van der Waals surface area contributed by atoms with E-state index < -0.39 is 48.0 Å². The molecular weight excluding hydrogens is 544 g/mol. The van der Waals surface area contributed by atoms with Crippen LogP contribution < -0.4 is 10.6 Å². The van der Waals surface area contributed by atoms with E-state index in [1.165, 1.54) is 0 Å². The van der Waals surface area contributed by atoms with E-state index in [0.29, 0.717) is 24.0 Å². The van der Waals surface area contributed by atoms with Crippen LogP contribution in [0, 0.1) is 5.92 Å². The van der Waals surface area contributed by atoms with Gasteiger partial charge in [-0.25, -0.2) is 4.79 Å². The largest absolute Gasteiger partial charge is 0.444 e. The van der Waals surface area contributed by atoms with Gasteiger partial charge in [0, 0.05) is 5.92 Å². The molecular formula is C35H42N2O6. The van der Waals surface area contributed by atoms with Crippen LogP contribution in [0.15, 0.2) is 91.0 Å². The number of hydrogen-bond acceptors (Lipinski definition) is 6. The van der Waals surface area contributed by atoms with Gasteiger partial charge in [0.05, 0.1) is 18.2 Å². The molecule has 0 fully saturated rings. The summed E-state index contributed by atoms with van der Waals surface area (Å²) in [6.07, 6.45) is 0.390. The predicted octanol–water partition coefficient (Wildman–Crippen LogP) is 4.86. The molecule has 0 aliphatic heterocycles. The third-order valence-corrected chi connectivity index (χ3v) is 7.50. The van der Waals surface area contributed by atoms with Gasteiger partial charge in [0.15, 0.2) is 0 Å². The first-order valence-corrected chi connectivity index (χ1v) is 14.7. The highest BCUT2D eigenvalue weighted by Crippen LogP contribution is 2.39. The van der Waals surface area contributed by atoms with Crippen LogP contribution in [0.4, 0.5) is 4.79 Å². The number of rotatable bonds is 11. The Morgan fingerprint density at radius 1 is 0.907 bits per heavy atom. The quantitative estimate of drug-likeness (QED) is 0.218. The second-order valence-corrected chi connectivity index (χ2v) is 12.0. The normalized spacial score (nSPS) is 20.2. The molecule has 0 heterocycles. The molecule has 1 aliphatic rings. The third-order valence-electron chi connectivity index (χ3n) is 7.50. The van der Waals surface area contributed by atoms with Crippen LogP contribution in [0.1, 0.15) is 68.0 Å². The lowest BCUT2D eigenvalue weighted by Gasteiger charge is -2.29. The van der Waals surface area contributed by atoms with Gasteiger partial charge < -0.3 is 30.7 Å². The summed E-state index contributed by atoms with van der Waals surface area (Å²) in [5, 5.41) is 38.6. The number of aliphatic hydroxyl groups is 3. The van der Waals surface area contributed by atoms with Crippen molar-refractivity contribution in [3.05, 3.63) is 113 Å². The molecule has 43 heavy (non-hydrogen) atoms. The summed E-state index contributed by atoms with van der Waals surface area (Å²) in [6.45, 7) is 5.30. The zero-order chi connectivity index (χ0) is 31.0. The van der Waals surface area contributed by atoms with Gasteiger partial charge in [-0.1, -0.05) is 97.1 Å². The summed E-state index contributed by atoms with van der Waals surface area (Å²) >= 11 is 0. The molecule has 0 spiro atoms. The molecule has 228 valence electrons. The van der Waals surface area contributed by atoms with E-state index in [0.717, 1.165) is 11.1 Å². The predicted molar refractivity (Wildman–Crippen MR) is 166 cm³/mol. The fourth-order valence-corrected chi connectivity index (χ4v) is 5.36. The van der Waals surface area contributed by atoms with E-state index in [9.17, 15) is 24.9 Å². The number of alkyl carbamates (subject to hydrolysis) is 1. The summed E-state index contributed by atoms with van der Waals surface area (Å²) in [5.74, 6) is -1.08. The van der Waals surface area contributed by atoms with E-state index in [2.05, 4.69) is 10.6 Å². The molecule has 8 nitrogen and oxygen atoms in total. The third kappa shape index (κ3) is 9.00. The number of nitrogens with one attached hydrogen (secondary N) is 2. The fourth-order valence-electron chi connectivity index (χ4n) is 5.36. The lowest BCUT2D eigenvalue weighted by Crippen LogP contribution is -2.48. The van der Waals surface area contributed by atoms with E-state index in [1.54, 1.807) is 45.0 Å². The highest BCUT2D eigenvalue weighted by molar-refractivity contribution is 5.80. The molecule has 0 saturated heterocycles. The Hall–Kier alpha value is -3.98. The van der Waals surface area contributed by atoms with Gasteiger partial charge in [-0.15, -0.1) is 0 Å². The number of benzene rings is 3. The van der Waals surface area contributed by atoms with Crippen molar-refractivity contribution in [1.29, 1.82) is 0 Å². The minimum atomic E-state index is -1.20. The van der Waals surface area contributed by atoms with Gasteiger partial charge in [0.25, 0.3) is 0 Å². The Kier molecular flexibility index (Phi) is 10.7. The lowest BCUT2D eigenvalue weighted by atomic mass is 9.90. The first-order chi connectivity index (χ1) is 20.5. The van der Waals surface area contributed by atoms with Crippen molar-refractivity contribution in [1.82, 2.24) is 10.6 Å². The first kappa shape index (κ1) is 31.9. The molecule has 0 bridgehead atoms. The maximum atomic E-state index is 13.8. The molecule has 0 saturated carbocycles. The van der Waals surface area contributed by atoms with Gasteiger partial charge >= 0.3 is 6.09 Å². The average molecular weight is 587 g/mol. The topological polar surface area (TPSA) is 128 Å². The smallest absolute Gasteiger partial charge is 0.407 e. The maximum absolute atomic E-state index is 13.8. The summed E-state index contributed by atoms with van der Waals surface area (Å²) in [5.41, 5.74) is 2.39. The molecule has 3 aromatic rings. The van der Waals surface area contributed by atoms with Crippen LogP contribution in [0.3, 0.4) is 0 Å². The summed E-state index contributed by atoms with van der Waals surface area (Å²) in [6, 6.07) is 24.7. The van der Waals surface area contributed by atoms with Gasteiger partial charge in [-0.2, -0.15) is 0 Å². The molecule has 6 unspecified atom stereocenters. The summed E-state index contributed by atoms with van der Waals surface area (Å²) in [4.78, 5) is 26.5. The van der Waals surface area contributed by atoms with Crippen LogP contribution in [0.2, 0.25) is 0 Å². The summed E-state index contributed by atoms with van der Waals surface area (Å²) in [7, 11) is 0. The number of aliphatic hydroxyl groups excluding tert-OH is 3. The van der Waals surface area contributed by atoms with Gasteiger partial charge in [0.2, 0.25) is 5.91 Å². The Bertz CT molecular complexity index is 1370. The zero-order valence-corrected chi connectivity index (χ0v) is 24.9. The maximum Gasteiger partial charge on any atom is 0.407 e. The number of carbonyl (C=O) groups is 2. The van der Waals surface area contributed by atoms with Gasteiger partial charge in [-0.05, 0) is 62.3 Å². The minimum Gasteiger partial charge on any atom is -0.444 e. The Balaban J connectivity index is 1.55. The van der Waals surface area contributed by atoms with Crippen molar-refractivity contribution in [2.75, 3.05) is 0 Å². The molecule has 0 aromatic heterocycles. The van der Waals surface area contributed by atoms with Crippen molar-refractivity contribution in [2.24, 2.45) is 5.92 Å². The second-order valence-electron chi connectivity index (χ2n) is 12.0. The Labute approximate surface area is 253 Å². The van der Waals surface area contributed by atoms with Crippen molar-refractivity contribution in [2.45, 2.75) is 76.0 Å². The fraction of sp³-hybridized carbons (Fsp3) is 0.371. The molecule has 6 atom stereocenters. The molecule has 8 heteroatoms. The zero-order valence-electron chi connectivity index (χ0n) is 24.9. The average Bonchev–Trinajstić information content (AvgIpc) is 3.21. The summed E-state index contributed by atoms with van der Waals surface area (Å²) < 4.78 is 5.46. The van der Waals surface area contributed by atoms with E-state index in [-0.39, 0.29) is 12.3 Å². The van der Waals surface area contributed by atoms with Crippen LogP contribution in [-0.2, 0) is 16.0 Å². The molecule has 2 amide bonds. The van der Waals surface area contributed by atoms with Gasteiger partial charge in [0.1, 0.15) is 17.8 Å².